The Bertz CT molecular complexity index is 488. The van der Waals surface area contributed by atoms with Gasteiger partial charge in [0.2, 0.25) is 0 Å². The first-order valence-electron chi connectivity index (χ1n) is 8.46. The maximum atomic E-state index is 12.5. The number of nitrogens with zero attached hydrogens (tertiary/aromatic N) is 3. The molecule has 2 atom stereocenters. The number of aromatic nitrogens is 1. The Morgan fingerprint density at radius 3 is 2.83 bits per heavy atom. The highest BCUT2D eigenvalue weighted by molar-refractivity contribution is 7.99. The highest BCUT2D eigenvalue weighted by Gasteiger charge is 2.28. The van der Waals surface area contributed by atoms with Crippen LogP contribution in [0.1, 0.15) is 31.4 Å². The quantitative estimate of drug-likeness (QED) is 0.912. The molecule has 2 fully saturated rings. The number of thioether (sulfide) groups is 1. The predicted molar refractivity (Wildman–Crippen MR) is 91.4 cm³/mol. The maximum absolute atomic E-state index is 12.5. The first-order chi connectivity index (χ1) is 11.3. The van der Waals surface area contributed by atoms with E-state index in [2.05, 4.69) is 21.6 Å². The predicted octanol–water partition coefficient (Wildman–Crippen LogP) is 2.18. The molecule has 1 aromatic heterocycles. The van der Waals surface area contributed by atoms with Gasteiger partial charge in [-0.15, -0.1) is 0 Å². The fourth-order valence-corrected chi connectivity index (χ4v) is 4.39. The van der Waals surface area contributed by atoms with Crippen LogP contribution in [0.15, 0.2) is 16.9 Å². The number of hydrogen-bond donors (Lipinski definition) is 1. The van der Waals surface area contributed by atoms with E-state index in [4.69, 9.17) is 4.52 Å². The van der Waals surface area contributed by atoms with Crippen LogP contribution < -0.4 is 5.32 Å². The monoisotopic (exact) mass is 338 g/mol. The second kappa shape index (κ2) is 8.06. The zero-order chi connectivity index (χ0) is 16.1. The summed E-state index contributed by atoms with van der Waals surface area (Å²) in [6.45, 7) is 4.12. The molecule has 23 heavy (non-hydrogen) atoms. The molecule has 0 bridgehead atoms. The molecule has 1 saturated carbocycles. The number of piperazine rings is 1. The Hall–Kier alpha value is -1.21. The van der Waals surface area contributed by atoms with Crippen molar-refractivity contribution in [1.82, 2.24) is 20.3 Å². The van der Waals surface area contributed by atoms with Gasteiger partial charge in [0.05, 0.1) is 5.69 Å². The highest BCUT2D eigenvalue weighted by Crippen LogP contribution is 2.27. The van der Waals surface area contributed by atoms with E-state index in [-0.39, 0.29) is 6.03 Å². The van der Waals surface area contributed by atoms with Gasteiger partial charge in [0.15, 0.2) is 0 Å². The molecule has 2 amide bonds. The molecule has 128 valence electrons. The molecule has 3 rings (SSSR count). The molecule has 1 aliphatic heterocycles. The summed E-state index contributed by atoms with van der Waals surface area (Å²) in [6.07, 6.45) is 8.61. The third-order valence-electron chi connectivity index (χ3n) is 4.85. The average Bonchev–Trinajstić information content (AvgIpc) is 3.09. The van der Waals surface area contributed by atoms with Crippen LogP contribution in [-0.4, -0.2) is 64.7 Å². The maximum Gasteiger partial charge on any atom is 0.317 e. The Kier molecular flexibility index (Phi) is 5.83. The number of rotatable bonds is 4. The summed E-state index contributed by atoms with van der Waals surface area (Å²) in [7, 11) is 0. The average molecular weight is 338 g/mol. The van der Waals surface area contributed by atoms with Crippen LogP contribution in [-0.2, 0) is 6.54 Å². The highest BCUT2D eigenvalue weighted by atomic mass is 32.2. The van der Waals surface area contributed by atoms with Gasteiger partial charge in [0.1, 0.15) is 6.26 Å². The van der Waals surface area contributed by atoms with Gasteiger partial charge in [-0.25, -0.2) is 4.79 Å². The number of amides is 2. The molecule has 1 aromatic rings. The number of nitrogens with one attached hydrogen (secondary N) is 1. The summed E-state index contributed by atoms with van der Waals surface area (Å²) in [5, 5.41) is 7.79. The van der Waals surface area contributed by atoms with E-state index in [1.165, 1.54) is 19.3 Å². The molecule has 2 heterocycles. The SMILES string of the molecule is CS[C@@H]1CCCC[C@H]1NC(=O)N1CCN(Cc2ccon2)CC1. The van der Waals surface area contributed by atoms with Crippen molar-refractivity contribution in [3.8, 4) is 0 Å². The van der Waals surface area contributed by atoms with Crippen molar-refractivity contribution in [2.75, 3.05) is 32.4 Å². The van der Waals surface area contributed by atoms with Gasteiger partial charge in [0, 0.05) is 50.1 Å². The molecule has 2 aliphatic rings. The fraction of sp³-hybridized carbons (Fsp3) is 0.750. The Balaban J connectivity index is 1.44. The van der Waals surface area contributed by atoms with Gasteiger partial charge in [-0.05, 0) is 19.1 Å². The molecular weight excluding hydrogens is 312 g/mol. The van der Waals surface area contributed by atoms with Gasteiger partial charge in [0.25, 0.3) is 0 Å². The summed E-state index contributed by atoms with van der Waals surface area (Å²) >= 11 is 1.89. The van der Waals surface area contributed by atoms with Crippen LogP contribution in [0.5, 0.6) is 0 Å². The molecule has 1 aliphatic carbocycles. The van der Waals surface area contributed by atoms with Crippen molar-refractivity contribution in [2.24, 2.45) is 0 Å². The summed E-state index contributed by atoms with van der Waals surface area (Å²) in [6, 6.07) is 2.33. The van der Waals surface area contributed by atoms with Crippen molar-refractivity contribution in [1.29, 1.82) is 0 Å². The van der Waals surface area contributed by atoms with Gasteiger partial charge >= 0.3 is 6.03 Å². The summed E-state index contributed by atoms with van der Waals surface area (Å²) < 4.78 is 4.87. The Morgan fingerprint density at radius 1 is 1.35 bits per heavy atom. The fourth-order valence-electron chi connectivity index (χ4n) is 3.45. The van der Waals surface area contributed by atoms with Crippen LogP contribution in [0.2, 0.25) is 0 Å². The first-order valence-corrected chi connectivity index (χ1v) is 9.75. The zero-order valence-corrected chi connectivity index (χ0v) is 14.6. The number of carbonyl (C=O) groups excluding carboxylic acids is 1. The molecule has 0 aromatic carbocycles. The van der Waals surface area contributed by atoms with Crippen molar-refractivity contribution >= 4 is 17.8 Å². The summed E-state index contributed by atoms with van der Waals surface area (Å²) in [5.74, 6) is 0. The van der Waals surface area contributed by atoms with Crippen molar-refractivity contribution in [3.63, 3.8) is 0 Å². The lowest BCUT2D eigenvalue weighted by Crippen LogP contribution is -2.55. The van der Waals surface area contributed by atoms with E-state index in [0.717, 1.165) is 44.8 Å². The molecule has 0 spiro atoms. The third kappa shape index (κ3) is 4.41. The minimum atomic E-state index is 0.108. The second-order valence-electron chi connectivity index (χ2n) is 6.37. The lowest BCUT2D eigenvalue weighted by Gasteiger charge is -2.37. The molecular formula is C16H26N4O2S. The summed E-state index contributed by atoms with van der Waals surface area (Å²) in [4.78, 5) is 16.8. The molecule has 6 nitrogen and oxygen atoms in total. The van der Waals surface area contributed by atoms with Crippen molar-refractivity contribution < 1.29 is 9.32 Å². The van der Waals surface area contributed by atoms with Crippen LogP contribution in [0.3, 0.4) is 0 Å². The van der Waals surface area contributed by atoms with E-state index >= 15 is 0 Å². The van der Waals surface area contributed by atoms with Gasteiger partial charge < -0.3 is 14.7 Å². The number of hydrogen-bond acceptors (Lipinski definition) is 5. The van der Waals surface area contributed by atoms with Crippen LogP contribution in [0.4, 0.5) is 4.79 Å². The van der Waals surface area contributed by atoms with E-state index in [9.17, 15) is 4.79 Å². The third-order valence-corrected chi connectivity index (χ3v) is 6.02. The molecule has 1 N–H and O–H groups in total. The summed E-state index contributed by atoms with van der Waals surface area (Å²) in [5.41, 5.74) is 0.952. The number of urea groups is 1. The van der Waals surface area contributed by atoms with Gasteiger partial charge in [-0.2, -0.15) is 11.8 Å². The molecule has 1 saturated heterocycles. The minimum absolute atomic E-state index is 0.108. The van der Waals surface area contributed by atoms with Gasteiger partial charge in [-0.1, -0.05) is 18.0 Å². The standard InChI is InChI=1S/C16H26N4O2S/c1-23-15-5-3-2-4-14(15)17-16(21)20-9-7-19(8-10-20)12-13-6-11-22-18-13/h6,11,14-15H,2-5,7-10,12H2,1H3,(H,17,21)/t14-,15-/m1/s1. The van der Waals surface area contributed by atoms with Crippen molar-refractivity contribution in [2.45, 2.75) is 43.5 Å². The van der Waals surface area contributed by atoms with Crippen LogP contribution in [0, 0.1) is 0 Å². The largest absolute Gasteiger partial charge is 0.364 e. The Morgan fingerprint density at radius 2 is 2.13 bits per heavy atom. The molecule has 0 unspecified atom stereocenters. The van der Waals surface area contributed by atoms with E-state index < -0.39 is 0 Å². The van der Waals surface area contributed by atoms with Crippen LogP contribution in [0.25, 0.3) is 0 Å². The Labute approximate surface area is 141 Å². The zero-order valence-electron chi connectivity index (χ0n) is 13.7. The van der Waals surface area contributed by atoms with E-state index in [1.54, 1.807) is 6.26 Å². The first kappa shape index (κ1) is 16.6. The van der Waals surface area contributed by atoms with Gasteiger partial charge in [-0.3, -0.25) is 4.90 Å². The van der Waals surface area contributed by atoms with E-state index in [0.29, 0.717) is 11.3 Å². The molecule has 7 heteroatoms. The second-order valence-corrected chi connectivity index (χ2v) is 7.45. The lowest BCUT2D eigenvalue weighted by atomic mass is 9.95. The smallest absolute Gasteiger partial charge is 0.317 e. The minimum Gasteiger partial charge on any atom is -0.364 e. The van der Waals surface area contributed by atoms with Crippen molar-refractivity contribution in [3.05, 3.63) is 18.0 Å². The molecule has 0 radical (unpaired) electrons. The normalized spacial score (nSPS) is 26.2. The lowest BCUT2D eigenvalue weighted by molar-refractivity contribution is 0.130. The van der Waals surface area contributed by atoms with Crippen LogP contribution >= 0.6 is 11.8 Å². The topological polar surface area (TPSA) is 61.6 Å². The van der Waals surface area contributed by atoms with E-state index in [1.807, 2.05) is 22.7 Å². The number of carbonyl (C=O) groups is 1.